The van der Waals surface area contributed by atoms with Gasteiger partial charge in [0.15, 0.2) is 11.5 Å². The lowest BCUT2D eigenvalue weighted by molar-refractivity contribution is 1.06. The predicted octanol–water partition coefficient (Wildman–Crippen LogP) is 1.38. The van der Waals surface area contributed by atoms with Crippen molar-refractivity contribution in [2.45, 2.75) is 6.54 Å². The number of anilines is 2. The first-order valence-corrected chi connectivity index (χ1v) is 5.92. The van der Waals surface area contributed by atoms with Gasteiger partial charge in [-0.05, 0) is 0 Å². The number of hydrogen-bond acceptors (Lipinski definition) is 6. The van der Waals surface area contributed by atoms with E-state index < -0.39 is 0 Å². The third kappa shape index (κ3) is 1.92. The van der Waals surface area contributed by atoms with E-state index in [0.29, 0.717) is 18.2 Å². The van der Waals surface area contributed by atoms with Crippen molar-refractivity contribution in [1.29, 1.82) is 0 Å². The maximum atomic E-state index is 5.72. The van der Waals surface area contributed by atoms with Crippen LogP contribution in [0.4, 0.5) is 11.6 Å². The minimum atomic E-state index is 0.456. The Balaban J connectivity index is 1.91. The van der Waals surface area contributed by atoms with E-state index in [4.69, 9.17) is 5.73 Å². The van der Waals surface area contributed by atoms with Gasteiger partial charge in [0.25, 0.3) is 0 Å². The SMILES string of the molecule is Nc1cn2ccnc2c(NCc2nccs2)n1. The first kappa shape index (κ1) is 10.0. The summed E-state index contributed by atoms with van der Waals surface area (Å²) >= 11 is 1.59. The molecule has 0 amide bonds. The normalized spacial score (nSPS) is 10.8. The molecule has 0 bridgehead atoms. The molecule has 0 aliphatic rings. The molecule has 86 valence electrons. The van der Waals surface area contributed by atoms with Gasteiger partial charge in [0, 0.05) is 24.0 Å². The molecule has 7 heteroatoms. The fourth-order valence-electron chi connectivity index (χ4n) is 1.57. The molecule has 3 aromatic rings. The Labute approximate surface area is 101 Å². The van der Waals surface area contributed by atoms with Crippen LogP contribution >= 0.6 is 11.3 Å². The second kappa shape index (κ2) is 4.02. The summed E-state index contributed by atoms with van der Waals surface area (Å²) in [5.74, 6) is 1.13. The van der Waals surface area contributed by atoms with Gasteiger partial charge >= 0.3 is 0 Å². The largest absolute Gasteiger partial charge is 0.382 e. The van der Waals surface area contributed by atoms with Crippen LogP contribution in [0.25, 0.3) is 5.65 Å². The molecular formula is C10H10N6S. The molecule has 0 fully saturated rings. The second-order valence-electron chi connectivity index (χ2n) is 3.45. The molecule has 3 N–H and O–H groups in total. The van der Waals surface area contributed by atoms with E-state index in [9.17, 15) is 0 Å². The van der Waals surface area contributed by atoms with Crippen molar-refractivity contribution in [3.63, 3.8) is 0 Å². The van der Waals surface area contributed by atoms with Gasteiger partial charge in [-0.25, -0.2) is 15.0 Å². The number of hydrogen-bond donors (Lipinski definition) is 2. The number of imidazole rings is 1. The van der Waals surface area contributed by atoms with Crippen LogP contribution in [0.5, 0.6) is 0 Å². The topological polar surface area (TPSA) is 81.1 Å². The molecule has 0 aliphatic heterocycles. The summed E-state index contributed by atoms with van der Waals surface area (Å²) in [7, 11) is 0. The van der Waals surface area contributed by atoms with Gasteiger partial charge in [-0.3, -0.25) is 0 Å². The van der Waals surface area contributed by atoms with Crippen LogP contribution in [0.1, 0.15) is 5.01 Å². The molecule has 0 spiro atoms. The molecule has 0 aromatic carbocycles. The Morgan fingerprint density at radius 3 is 3.12 bits per heavy atom. The zero-order chi connectivity index (χ0) is 11.7. The van der Waals surface area contributed by atoms with Crippen molar-refractivity contribution in [2.24, 2.45) is 0 Å². The molecule has 0 unspecified atom stereocenters. The van der Waals surface area contributed by atoms with Gasteiger partial charge in [-0.15, -0.1) is 11.3 Å². The molecule has 0 aliphatic carbocycles. The number of rotatable bonds is 3. The summed E-state index contributed by atoms with van der Waals surface area (Å²) in [6, 6.07) is 0. The van der Waals surface area contributed by atoms with Crippen LogP contribution in [0.2, 0.25) is 0 Å². The quantitative estimate of drug-likeness (QED) is 0.729. The maximum Gasteiger partial charge on any atom is 0.180 e. The predicted molar refractivity (Wildman–Crippen MR) is 66.8 cm³/mol. The van der Waals surface area contributed by atoms with Gasteiger partial charge in [0.1, 0.15) is 10.8 Å². The molecule has 6 nitrogen and oxygen atoms in total. The van der Waals surface area contributed by atoms with E-state index in [-0.39, 0.29) is 0 Å². The third-order valence-electron chi connectivity index (χ3n) is 2.28. The van der Waals surface area contributed by atoms with Crippen LogP contribution < -0.4 is 11.1 Å². The smallest absolute Gasteiger partial charge is 0.180 e. The Bertz CT molecular complexity index is 629. The van der Waals surface area contributed by atoms with Crippen molar-refractivity contribution in [3.8, 4) is 0 Å². The summed E-state index contributed by atoms with van der Waals surface area (Å²) in [5.41, 5.74) is 6.48. The Kier molecular flexibility index (Phi) is 2.37. The summed E-state index contributed by atoms with van der Waals surface area (Å²) in [6.45, 7) is 0.622. The highest BCUT2D eigenvalue weighted by Gasteiger charge is 2.06. The highest BCUT2D eigenvalue weighted by molar-refractivity contribution is 7.09. The molecule has 0 saturated carbocycles. The number of nitrogens with two attached hydrogens (primary N) is 1. The Morgan fingerprint density at radius 1 is 1.35 bits per heavy atom. The summed E-state index contributed by atoms with van der Waals surface area (Å²) in [4.78, 5) is 12.6. The van der Waals surface area contributed by atoms with Crippen molar-refractivity contribution >= 4 is 28.6 Å². The van der Waals surface area contributed by atoms with E-state index >= 15 is 0 Å². The average Bonchev–Trinajstić information content (AvgIpc) is 2.95. The number of nitrogen functional groups attached to an aromatic ring is 1. The number of fused-ring (bicyclic) bond motifs is 1. The monoisotopic (exact) mass is 246 g/mol. The number of nitrogens with zero attached hydrogens (tertiary/aromatic N) is 4. The summed E-state index contributed by atoms with van der Waals surface area (Å²) in [6.07, 6.45) is 7.06. The van der Waals surface area contributed by atoms with Gasteiger partial charge in [0.2, 0.25) is 0 Å². The fraction of sp³-hybridized carbons (Fsp3) is 0.100. The van der Waals surface area contributed by atoms with Crippen LogP contribution in [-0.2, 0) is 6.54 Å². The second-order valence-corrected chi connectivity index (χ2v) is 4.43. The Hall–Kier alpha value is -2.15. The standard InChI is InChI=1S/C10H10N6S/c11-7-6-16-3-1-13-10(16)9(15-7)14-5-8-12-2-4-17-8/h1-4,6H,5,11H2,(H,14,15). The zero-order valence-corrected chi connectivity index (χ0v) is 9.68. The van der Waals surface area contributed by atoms with Gasteiger partial charge in [-0.1, -0.05) is 0 Å². The Morgan fingerprint density at radius 2 is 2.29 bits per heavy atom. The first-order chi connectivity index (χ1) is 8.33. The van der Waals surface area contributed by atoms with Crippen molar-refractivity contribution in [2.75, 3.05) is 11.1 Å². The first-order valence-electron chi connectivity index (χ1n) is 5.04. The molecule has 3 rings (SSSR count). The fourth-order valence-corrected chi connectivity index (χ4v) is 2.13. The van der Waals surface area contributed by atoms with Gasteiger partial charge in [-0.2, -0.15) is 0 Å². The number of thiazole rings is 1. The summed E-state index contributed by atoms with van der Waals surface area (Å²) in [5, 5.41) is 6.13. The van der Waals surface area contributed by atoms with Crippen molar-refractivity contribution in [3.05, 3.63) is 35.2 Å². The minimum absolute atomic E-state index is 0.456. The molecule has 3 heterocycles. The van der Waals surface area contributed by atoms with Crippen LogP contribution in [0, 0.1) is 0 Å². The maximum absolute atomic E-state index is 5.72. The zero-order valence-electron chi connectivity index (χ0n) is 8.87. The van der Waals surface area contributed by atoms with Crippen LogP contribution in [0.3, 0.4) is 0 Å². The molecule has 17 heavy (non-hydrogen) atoms. The third-order valence-corrected chi connectivity index (χ3v) is 3.06. The van der Waals surface area contributed by atoms with E-state index in [1.54, 1.807) is 29.9 Å². The molecule has 0 radical (unpaired) electrons. The van der Waals surface area contributed by atoms with E-state index in [2.05, 4.69) is 20.3 Å². The van der Waals surface area contributed by atoms with E-state index in [1.807, 2.05) is 16.0 Å². The highest BCUT2D eigenvalue weighted by atomic mass is 32.1. The van der Waals surface area contributed by atoms with Crippen molar-refractivity contribution < 1.29 is 0 Å². The average molecular weight is 246 g/mol. The lowest BCUT2D eigenvalue weighted by Gasteiger charge is -2.06. The van der Waals surface area contributed by atoms with Crippen LogP contribution in [0.15, 0.2) is 30.2 Å². The molecular weight excluding hydrogens is 236 g/mol. The highest BCUT2D eigenvalue weighted by Crippen LogP contribution is 2.16. The summed E-state index contributed by atoms with van der Waals surface area (Å²) < 4.78 is 1.84. The van der Waals surface area contributed by atoms with E-state index in [1.165, 1.54) is 0 Å². The van der Waals surface area contributed by atoms with E-state index in [0.717, 1.165) is 10.7 Å². The van der Waals surface area contributed by atoms with Crippen LogP contribution in [-0.4, -0.2) is 19.4 Å². The number of nitrogens with one attached hydrogen (secondary N) is 1. The van der Waals surface area contributed by atoms with Crippen molar-refractivity contribution in [1.82, 2.24) is 19.4 Å². The molecule has 0 atom stereocenters. The van der Waals surface area contributed by atoms with Gasteiger partial charge < -0.3 is 15.5 Å². The lowest BCUT2D eigenvalue weighted by atomic mass is 10.5. The molecule has 3 aromatic heterocycles. The number of aromatic nitrogens is 4. The minimum Gasteiger partial charge on any atom is -0.382 e. The lowest BCUT2D eigenvalue weighted by Crippen LogP contribution is -2.05. The molecule has 0 saturated heterocycles. The van der Waals surface area contributed by atoms with Gasteiger partial charge in [0.05, 0.1) is 12.7 Å².